The number of nitrogens with one attached hydrogen (secondary N) is 2. The lowest BCUT2D eigenvalue weighted by Crippen LogP contribution is -2.31. The lowest BCUT2D eigenvalue weighted by molar-refractivity contribution is 0.181. The fourth-order valence-electron chi connectivity index (χ4n) is 2.53. The van der Waals surface area contributed by atoms with Gasteiger partial charge < -0.3 is 14.5 Å². The van der Waals surface area contributed by atoms with E-state index in [0.29, 0.717) is 18.9 Å². The smallest absolute Gasteiger partial charge is 0.414 e. The molecule has 0 spiro atoms. The first-order valence-electron chi connectivity index (χ1n) is 8.00. The van der Waals surface area contributed by atoms with Gasteiger partial charge in [-0.25, -0.2) is 9.59 Å². The van der Waals surface area contributed by atoms with Crippen LogP contribution in [0.2, 0.25) is 0 Å². The van der Waals surface area contributed by atoms with E-state index in [1.807, 2.05) is 31.2 Å². The summed E-state index contributed by atoms with van der Waals surface area (Å²) in [7, 11) is 0. The molecule has 1 atom stereocenters. The third-order valence-corrected chi connectivity index (χ3v) is 4.04. The first kappa shape index (κ1) is 16.8. The number of aromatic nitrogens is 1. The Bertz CT molecular complexity index is 782. The van der Waals surface area contributed by atoms with Gasteiger partial charge in [0.15, 0.2) is 0 Å². The van der Waals surface area contributed by atoms with Gasteiger partial charge in [0.2, 0.25) is 0 Å². The molecule has 0 bridgehead atoms. The number of cyclic esters (lactones) is 1. The molecule has 0 radical (unpaired) electrons. The van der Waals surface area contributed by atoms with Gasteiger partial charge >= 0.3 is 18.1 Å². The number of carbonyl (C=O) groups is 2. The maximum absolute atomic E-state index is 12.1. The average molecular weight is 344 g/mol. The Balaban J connectivity index is 1.65. The Morgan fingerprint density at radius 1 is 1.36 bits per heavy atom. The molecular weight excluding hydrogens is 324 g/mol. The molecule has 2 N–H and O–H groups in total. The number of nitrogens with zero attached hydrogens (tertiary/aromatic N) is 2. The molecule has 0 saturated carbocycles. The molecule has 2 aromatic rings. The molecular formula is C17H20N4O4. The van der Waals surface area contributed by atoms with Gasteiger partial charge in [-0.2, -0.15) is 4.98 Å². The van der Waals surface area contributed by atoms with Crippen molar-refractivity contribution >= 4 is 23.8 Å². The zero-order valence-electron chi connectivity index (χ0n) is 14.3. The monoisotopic (exact) mass is 344 g/mol. The molecule has 25 heavy (non-hydrogen) atoms. The summed E-state index contributed by atoms with van der Waals surface area (Å²) < 4.78 is 10.3. The van der Waals surface area contributed by atoms with E-state index in [1.165, 1.54) is 0 Å². The van der Waals surface area contributed by atoms with Crippen molar-refractivity contribution < 1.29 is 18.7 Å². The number of hydrogen-bond donors (Lipinski definition) is 2. The summed E-state index contributed by atoms with van der Waals surface area (Å²) >= 11 is 0. The van der Waals surface area contributed by atoms with Gasteiger partial charge in [-0.05, 0) is 38.5 Å². The van der Waals surface area contributed by atoms with Gasteiger partial charge in [0.1, 0.15) is 12.4 Å². The summed E-state index contributed by atoms with van der Waals surface area (Å²) in [6, 6.07) is 6.89. The molecule has 1 aliphatic heterocycles. The van der Waals surface area contributed by atoms with Crippen LogP contribution in [0.1, 0.15) is 30.0 Å². The number of amides is 3. The van der Waals surface area contributed by atoms with Crippen molar-refractivity contribution in [2.45, 2.75) is 26.8 Å². The van der Waals surface area contributed by atoms with Crippen molar-refractivity contribution in [3.63, 3.8) is 0 Å². The Labute approximate surface area is 145 Å². The summed E-state index contributed by atoms with van der Waals surface area (Å²) in [6.07, 6.45) is -0.356. The fraction of sp³-hybridized carbons (Fsp3) is 0.353. The van der Waals surface area contributed by atoms with Crippen LogP contribution >= 0.6 is 0 Å². The molecule has 0 aliphatic carbocycles. The van der Waals surface area contributed by atoms with Crippen LogP contribution in [0, 0.1) is 13.8 Å². The zero-order chi connectivity index (χ0) is 18.0. The van der Waals surface area contributed by atoms with Gasteiger partial charge in [0.25, 0.3) is 0 Å². The highest BCUT2D eigenvalue weighted by molar-refractivity contribution is 5.89. The predicted octanol–water partition coefficient (Wildman–Crippen LogP) is 3.13. The maximum atomic E-state index is 12.1. The number of anilines is 2. The largest absolute Gasteiger partial charge is 0.447 e. The molecule has 1 aromatic heterocycles. The second-order valence-corrected chi connectivity index (χ2v) is 5.84. The third-order valence-electron chi connectivity index (χ3n) is 4.04. The van der Waals surface area contributed by atoms with Crippen LogP contribution < -0.4 is 15.5 Å². The highest BCUT2D eigenvalue weighted by Crippen LogP contribution is 2.23. The predicted molar refractivity (Wildman–Crippen MR) is 91.7 cm³/mol. The lowest BCUT2D eigenvalue weighted by Gasteiger charge is -2.18. The normalized spacial score (nSPS) is 15.0. The van der Waals surface area contributed by atoms with Crippen molar-refractivity contribution in [3.8, 4) is 0 Å². The molecule has 8 nitrogen and oxygen atoms in total. The van der Waals surface area contributed by atoms with E-state index in [-0.39, 0.29) is 18.1 Å². The van der Waals surface area contributed by atoms with E-state index < -0.39 is 6.03 Å². The number of rotatable bonds is 4. The minimum Gasteiger partial charge on any atom is -0.447 e. The van der Waals surface area contributed by atoms with Crippen molar-refractivity contribution in [1.29, 1.82) is 0 Å². The van der Waals surface area contributed by atoms with Crippen LogP contribution in [0.3, 0.4) is 0 Å². The number of hydrogen-bond acceptors (Lipinski definition) is 5. The molecule has 1 aromatic carbocycles. The summed E-state index contributed by atoms with van der Waals surface area (Å²) in [5, 5.41) is 5.39. The molecule has 0 unspecified atom stereocenters. The second kappa shape index (κ2) is 6.84. The Morgan fingerprint density at radius 2 is 2.16 bits per heavy atom. The molecule has 3 rings (SSSR count). The van der Waals surface area contributed by atoms with Gasteiger partial charge in [-0.15, -0.1) is 0 Å². The van der Waals surface area contributed by atoms with Crippen molar-refractivity contribution in [3.05, 3.63) is 41.3 Å². The van der Waals surface area contributed by atoms with Crippen LogP contribution in [-0.4, -0.2) is 30.3 Å². The third kappa shape index (κ3) is 3.73. The minimum atomic E-state index is -0.417. The highest BCUT2D eigenvalue weighted by atomic mass is 16.6. The molecule has 1 saturated heterocycles. The summed E-state index contributed by atoms with van der Waals surface area (Å²) in [4.78, 5) is 29.4. The molecule has 8 heteroatoms. The van der Waals surface area contributed by atoms with Gasteiger partial charge in [-0.3, -0.25) is 10.2 Å². The van der Waals surface area contributed by atoms with Crippen LogP contribution in [0.25, 0.3) is 0 Å². The highest BCUT2D eigenvalue weighted by Gasteiger charge is 2.24. The van der Waals surface area contributed by atoms with Crippen molar-refractivity contribution in [2.75, 3.05) is 23.4 Å². The van der Waals surface area contributed by atoms with E-state index in [4.69, 9.17) is 9.15 Å². The molecule has 2 heterocycles. The van der Waals surface area contributed by atoms with Crippen LogP contribution in [-0.2, 0) is 4.74 Å². The first-order chi connectivity index (χ1) is 11.9. The Hall–Kier alpha value is -3.03. The SMILES string of the molecule is Cc1nc(NC(=O)N[C@H](C)c2cccc(N3CCOC3=O)c2)oc1C. The number of carbonyl (C=O) groups excluding carboxylic acids is 2. The minimum absolute atomic E-state index is 0.160. The quantitative estimate of drug-likeness (QED) is 0.888. The summed E-state index contributed by atoms with van der Waals surface area (Å²) in [6.45, 7) is 6.34. The van der Waals surface area contributed by atoms with E-state index in [1.54, 1.807) is 18.7 Å². The van der Waals surface area contributed by atoms with Gasteiger partial charge in [0.05, 0.1) is 18.3 Å². The van der Waals surface area contributed by atoms with Gasteiger partial charge in [-0.1, -0.05) is 12.1 Å². The van der Waals surface area contributed by atoms with Gasteiger partial charge in [0, 0.05) is 5.69 Å². The zero-order valence-corrected chi connectivity index (χ0v) is 14.3. The van der Waals surface area contributed by atoms with E-state index >= 15 is 0 Å². The maximum Gasteiger partial charge on any atom is 0.414 e. The lowest BCUT2D eigenvalue weighted by atomic mass is 10.1. The second-order valence-electron chi connectivity index (χ2n) is 5.84. The average Bonchev–Trinajstić information content (AvgIpc) is 3.13. The summed E-state index contributed by atoms with van der Waals surface area (Å²) in [5.74, 6) is 0.661. The standard InChI is InChI=1S/C17H20N4O4/c1-10-12(3)25-16(19-10)20-15(22)18-11(2)13-5-4-6-14(9-13)21-7-8-24-17(21)23/h4-6,9,11H,7-8H2,1-3H3,(H2,18,19,20,22)/t11-/m1/s1. The van der Waals surface area contributed by atoms with Crippen molar-refractivity contribution in [2.24, 2.45) is 0 Å². The number of ether oxygens (including phenoxy) is 1. The van der Waals surface area contributed by atoms with E-state index in [9.17, 15) is 9.59 Å². The first-order valence-corrected chi connectivity index (χ1v) is 8.00. The number of benzene rings is 1. The summed E-state index contributed by atoms with van der Waals surface area (Å²) in [5.41, 5.74) is 2.34. The van der Waals surface area contributed by atoms with E-state index in [2.05, 4.69) is 15.6 Å². The van der Waals surface area contributed by atoms with Crippen molar-refractivity contribution in [1.82, 2.24) is 10.3 Å². The fourth-order valence-corrected chi connectivity index (χ4v) is 2.53. The van der Waals surface area contributed by atoms with Crippen LogP contribution in [0.15, 0.2) is 28.7 Å². The molecule has 132 valence electrons. The number of urea groups is 1. The Kier molecular flexibility index (Phi) is 4.60. The molecule has 1 fully saturated rings. The van der Waals surface area contributed by atoms with Crippen LogP contribution in [0.5, 0.6) is 0 Å². The topological polar surface area (TPSA) is 96.7 Å². The molecule has 3 amide bonds. The van der Waals surface area contributed by atoms with Crippen LogP contribution in [0.4, 0.5) is 21.3 Å². The number of aryl methyl sites for hydroxylation is 2. The van der Waals surface area contributed by atoms with E-state index in [0.717, 1.165) is 16.9 Å². The number of oxazole rings is 1. The Morgan fingerprint density at radius 3 is 2.80 bits per heavy atom. The molecule has 1 aliphatic rings.